The Morgan fingerprint density at radius 2 is 0.765 bits per heavy atom. The average Bonchev–Trinajstić information content (AvgIpc) is 3.14. The van der Waals surface area contributed by atoms with Gasteiger partial charge in [-0.05, 0) is 72.8 Å². The molecule has 0 saturated carbocycles. The number of benzene rings is 5. The molecule has 258 valence electrons. The SMILES string of the molecule is CNC(=Nc1ccc(NC(=O)NC(=O)c2ccc(C(=O)NC(=O)Nc3ccc(N=C(NC)c4ccccc4)cc3)cc2)cc1)c1ccccc1.Cl. The van der Waals surface area contributed by atoms with Crippen molar-refractivity contribution in [1.29, 1.82) is 0 Å². The van der Waals surface area contributed by atoms with E-state index in [4.69, 9.17) is 0 Å². The number of urea groups is 2. The zero-order chi connectivity index (χ0) is 35.3. The second-order valence-corrected chi connectivity index (χ2v) is 10.6. The van der Waals surface area contributed by atoms with E-state index >= 15 is 0 Å². The Labute approximate surface area is 300 Å². The van der Waals surface area contributed by atoms with Crippen LogP contribution < -0.4 is 31.9 Å². The summed E-state index contributed by atoms with van der Waals surface area (Å²) < 4.78 is 0. The molecule has 5 aromatic carbocycles. The van der Waals surface area contributed by atoms with Crippen LogP contribution in [0.15, 0.2) is 143 Å². The van der Waals surface area contributed by atoms with E-state index in [0.29, 0.717) is 34.4 Å². The first-order valence-electron chi connectivity index (χ1n) is 15.5. The molecule has 0 aliphatic rings. The quantitative estimate of drug-likeness (QED) is 0.0785. The standard InChI is InChI=1S/C38H34N8O4.ClH/c1-39-33(25-9-5-3-6-10-25)41-29-17-21-31(22-18-29)43-37(49)45-35(47)27-13-15-28(16-14-27)36(48)46-38(50)44-32-23-19-30(20-24-32)42-34(40-2)26-11-7-4-8-12-26;/h3-24H,1-2H3,(H,39,41)(H,40,42)(H2,43,45,47,49)(H2,44,46,48,50);1H. The molecule has 6 amide bonds. The molecule has 0 heterocycles. The van der Waals surface area contributed by atoms with Crippen molar-refractivity contribution >= 4 is 70.7 Å². The average molecular weight is 703 g/mol. The van der Waals surface area contributed by atoms with Gasteiger partial charge in [0.2, 0.25) is 0 Å². The minimum atomic E-state index is -0.733. The first kappa shape index (κ1) is 37.0. The van der Waals surface area contributed by atoms with Crippen LogP contribution in [0, 0.1) is 0 Å². The van der Waals surface area contributed by atoms with Crippen LogP contribution >= 0.6 is 12.4 Å². The molecule has 5 rings (SSSR count). The summed E-state index contributed by atoms with van der Waals surface area (Å²) in [6.07, 6.45) is 0. The van der Waals surface area contributed by atoms with Gasteiger partial charge in [-0.2, -0.15) is 0 Å². The number of amides is 6. The Morgan fingerprint density at radius 1 is 0.431 bits per heavy atom. The number of imide groups is 2. The maximum atomic E-state index is 12.7. The second-order valence-electron chi connectivity index (χ2n) is 10.6. The highest BCUT2D eigenvalue weighted by Gasteiger charge is 2.14. The van der Waals surface area contributed by atoms with Gasteiger partial charge in [0, 0.05) is 47.7 Å². The second kappa shape index (κ2) is 18.1. The third kappa shape index (κ3) is 10.6. The Morgan fingerprint density at radius 3 is 1.08 bits per heavy atom. The van der Waals surface area contributed by atoms with Crippen LogP contribution in [0.5, 0.6) is 0 Å². The highest BCUT2D eigenvalue weighted by Crippen LogP contribution is 2.19. The highest BCUT2D eigenvalue weighted by atomic mass is 35.5. The van der Waals surface area contributed by atoms with Crippen LogP contribution in [0.25, 0.3) is 0 Å². The summed E-state index contributed by atoms with van der Waals surface area (Å²) in [6, 6.07) is 37.0. The summed E-state index contributed by atoms with van der Waals surface area (Å²) in [7, 11) is 3.58. The molecule has 0 saturated heterocycles. The fourth-order valence-electron chi connectivity index (χ4n) is 4.67. The first-order valence-corrected chi connectivity index (χ1v) is 15.5. The minimum absolute atomic E-state index is 0. The maximum Gasteiger partial charge on any atom is 0.326 e. The van der Waals surface area contributed by atoms with E-state index in [1.165, 1.54) is 24.3 Å². The summed E-state index contributed by atoms with van der Waals surface area (Å²) in [4.78, 5) is 59.4. The molecule has 5 aromatic rings. The van der Waals surface area contributed by atoms with Gasteiger partial charge in [-0.25, -0.2) is 19.6 Å². The Kier molecular flexibility index (Phi) is 13.1. The minimum Gasteiger partial charge on any atom is -0.373 e. The largest absolute Gasteiger partial charge is 0.373 e. The number of amidine groups is 2. The lowest BCUT2D eigenvalue weighted by molar-refractivity contribution is 0.0953. The van der Waals surface area contributed by atoms with E-state index in [0.717, 1.165) is 11.1 Å². The van der Waals surface area contributed by atoms with Crippen LogP contribution in [-0.4, -0.2) is 49.6 Å². The van der Waals surface area contributed by atoms with Crippen molar-refractivity contribution in [2.24, 2.45) is 9.98 Å². The van der Waals surface area contributed by atoms with Crippen molar-refractivity contribution in [2.45, 2.75) is 0 Å². The Balaban J connectivity index is 0.00000583. The Hall–Kier alpha value is -6.79. The number of hydrogen-bond acceptors (Lipinski definition) is 6. The van der Waals surface area contributed by atoms with Gasteiger partial charge >= 0.3 is 12.1 Å². The predicted octanol–water partition coefficient (Wildman–Crippen LogP) is 6.63. The number of aliphatic imine (C=N–C) groups is 2. The number of nitrogens with one attached hydrogen (secondary N) is 6. The fourth-order valence-corrected chi connectivity index (χ4v) is 4.67. The zero-order valence-electron chi connectivity index (χ0n) is 27.6. The Bertz CT molecular complexity index is 1870. The van der Waals surface area contributed by atoms with Gasteiger partial charge in [-0.1, -0.05) is 60.7 Å². The molecule has 0 aromatic heterocycles. The number of anilines is 2. The lowest BCUT2D eigenvalue weighted by Crippen LogP contribution is -2.35. The molecule has 0 unspecified atom stereocenters. The summed E-state index contributed by atoms with van der Waals surface area (Å²) in [6.45, 7) is 0. The van der Waals surface area contributed by atoms with Crippen molar-refractivity contribution < 1.29 is 19.2 Å². The van der Waals surface area contributed by atoms with E-state index in [1.54, 1.807) is 62.6 Å². The smallest absolute Gasteiger partial charge is 0.326 e. The summed E-state index contributed by atoms with van der Waals surface area (Å²) in [5.41, 5.74) is 4.41. The van der Waals surface area contributed by atoms with Crippen LogP contribution in [0.1, 0.15) is 31.8 Å². The van der Waals surface area contributed by atoms with Crippen LogP contribution in [0.4, 0.5) is 32.3 Å². The molecule has 12 nitrogen and oxygen atoms in total. The lowest BCUT2D eigenvalue weighted by Gasteiger charge is -2.09. The summed E-state index contributed by atoms with van der Waals surface area (Å²) in [5, 5.41) is 15.9. The van der Waals surface area contributed by atoms with Gasteiger partial charge in [0.1, 0.15) is 11.7 Å². The molecule has 0 radical (unpaired) electrons. The van der Waals surface area contributed by atoms with Gasteiger partial charge in [0.15, 0.2) is 0 Å². The molecule has 0 aliphatic heterocycles. The van der Waals surface area contributed by atoms with Crippen molar-refractivity contribution in [3.05, 3.63) is 156 Å². The predicted molar refractivity (Wildman–Crippen MR) is 203 cm³/mol. The van der Waals surface area contributed by atoms with Crippen LogP contribution in [-0.2, 0) is 0 Å². The molecule has 0 bridgehead atoms. The van der Waals surface area contributed by atoms with Crippen molar-refractivity contribution in [3.8, 4) is 0 Å². The van der Waals surface area contributed by atoms with Gasteiger partial charge in [-0.3, -0.25) is 20.2 Å². The first-order chi connectivity index (χ1) is 24.3. The number of hydrogen-bond donors (Lipinski definition) is 6. The molecule has 0 atom stereocenters. The maximum absolute atomic E-state index is 12.7. The molecule has 6 N–H and O–H groups in total. The molecule has 0 fully saturated rings. The summed E-state index contributed by atoms with van der Waals surface area (Å²) >= 11 is 0. The molecule has 51 heavy (non-hydrogen) atoms. The number of carbonyl (C=O) groups is 4. The normalized spacial score (nSPS) is 10.9. The van der Waals surface area contributed by atoms with E-state index in [-0.39, 0.29) is 23.5 Å². The molecular formula is C38H35ClN8O4. The van der Waals surface area contributed by atoms with Crippen molar-refractivity contribution in [1.82, 2.24) is 21.3 Å². The topological polar surface area (TPSA) is 165 Å². The fraction of sp³-hybridized carbons (Fsp3) is 0.0526. The number of nitrogens with zero attached hydrogens (tertiary/aromatic N) is 2. The van der Waals surface area contributed by atoms with Gasteiger partial charge in [0.05, 0.1) is 11.4 Å². The van der Waals surface area contributed by atoms with E-state index in [9.17, 15) is 19.2 Å². The third-order valence-corrected chi connectivity index (χ3v) is 7.16. The van der Waals surface area contributed by atoms with Crippen molar-refractivity contribution in [2.75, 3.05) is 24.7 Å². The van der Waals surface area contributed by atoms with Gasteiger partial charge < -0.3 is 21.3 Å². The highest BCUT2D eigenvalue weighted by molar-refractivity contribution is 6.10. The van der Waals surface area contributed by atoms with E-state index < -0.39 is 23.9 Å². The monoisotopic (exact) mass is 702 g/mol. The van der Waals surface area contributed by atoms with Gasteiger partial charge in [0.25, 0.3) is 11.8 Å². The number of rotatable bonds is 8. The number of carbonyl (C=O) groups excluding carboxylic acids is 4. The lowest BCUT2D eigenvalue weighted by atomic mass is 10.1. The zero-order valence-corrected chi connectivity index (χ0v) is 28.5. The van der Waals surface area contributed by atoms with Crippen LogP contribution in [0.3, 0.4) is 0 Å². The van der Waals surface area contributed by atoms with Gasteiger partial charge in [-0.15, -0.1) is 12.4 Å². The summed E-state index contributed by atoms with van der Waals surface area (Å²) in [5.74, 6) is 0.0379. The molecule has 0 aliphatic carbocycles. The number of halogens is 1. The molecular weight excluding hydrogens is 668 g/mol. The third-order valence-electron chi connectivity index (χ3n) is 7.16. The van der Waals surface area contributed by atoms with Crippen molar-refractivity contribution in [3.63, 3.8) is 0 Å². The van der Waals surface area contributed by atoms with Crippen LogP contribution in [0.2, 0.25) is 0 Å². The molecule has 0 spiro atoms. The van der Waals surface area contributed by atoms with E-state index in [2.05, 4.69) is 41.9 Å². The van der Waals surface area contributed by atoms with E-state index in [1.807, 2.05) is 60.7 Å². The molecule has 13 heteroatoms.